The Balaban J connectivity index is 2.27. The van der Waals surface area contributed by atoms with E-state index >= 15 is 0 Å². The summed E-state index contributed by atoms with van der Waals surface area (Å²) in [6.07, 6.45) is 2.96. The van der Waals surface area contributed by atoms with Crippen LogP contribution in [0.5, 0.6) is 0 Å². The molecule has 1 aliphatic rings. The van der Waals surface area contributed by atoms with Gasteiger partial charge in [-0.15, -0.1) is 0 Å². The van der Waals surface area contributed by atoms with Gasteiger partial charge in [-0.1, -0.05) is 29.8 Å². The molecule has 4 nitrogen and oxygen atoms in total. The molecule has 0 radical (unpaired) electrons. The van der Waals surface area contributed by atoms with Crippen molar-refractivity contribution in [1.82, 2.24) is 4.72 Å². The van der Waals surface area contributed by atoms with E-state index in [-0.39, 0.29) is 10.9 Å². The molecule has 118 valence electrons. The van der Waals surface area contributed by atoms with Gasteiger partial charge in [-0.2, -0.15) is 0 Å². The Morgan fingerprint density at radius 2 is 1.76 bits per heavy atom. The smallest absolute Gasteiger partial charge is 0.241 e. The van der Waals surface area contributed by atoms with Gasteiger partial charge in [0.25, 0.3) is 0 Å². The molecule has 1 aromatic rings. The zero-order valence-corrected chi connectivity index (χ0v) is 15.1. The lowest BCUT2D eigenvalue weighted by atomic mass is 9.81. The molecule has 6 heteroatoms. The molecule has 1 saturated carbocycles. The molecule has 21 heavy (non-hydrogen) atoms. The summed E-state index contributed by atoms with van der Waals surface area (Å²) in [5, 5.41) is 0. The van der Waals surface area contributed by atoms with Crippen LogP contribution in [0.3, 0.4) is 0 Å². The first-order valence-electron chi connectivity index (χ1n) is 7.27. The van der Waals surface area contributed by atoms with Gasteiger partial charge in [-0.3, -0.25) is 0 Å². The van der Waals surface area contributed by atoms with E-state index in [1.54, 1.807) is 19.1 Å². The van der Waals surface area contributed by atoms with Crippen molar-refractivity contribution in [3.63, 3.8) is 0 Å². The fraction of sp³-hybridized carbons (Fsp3) is 0.600. The fourth-order valence-electron chi connectivity index (χ4n) is 3.28. The van der Waals surface area contributed by atoms with E-state index in [1.165, 1.54) is 6.42 Å². The maximum Gasteiger partial charge on any atom is 0.241 e. The molecule has 0 spiro atoms. The van der Waals surface area contributed by atoms with Gasteiger partial charge >= 0.3 is 0 Å². The Morgan fingerprint density at radius 3 is 2.33 bits per heavy atom. The molecular formula is C15H23BrN2O2S. The zero-order valence-electron chi connectivity index (χ0n) is 12.7. The Hall–Kier alpha value is -0.590. The molecular weight excluding hydrogens is 352 g/mol. The van der Waals surface area contributed by atoms with E-state index in [0.29, 0.717) is 27.6 Å². The number of nitrogen functional groups attached to an aromatic ring is 1. The average Bonchev–Trinajstić information content (AvgIpc) is 2.31. The molecule has 0 saturated heterocycles. The molecule has 0 bridgehead atoms. The van der Waals surface area contributed by atoms with Crippen molar-refractivity contribution in [2.24, 2.45) is 11.8 Å². The first-order valence-corrected chi connectivity index (χ1v) is 9.54. The highest BCUT2D eigenvalue weighted by molar-refractivity contribution is 9.10. The second kappa shape index (κ2) is 6.26. The number of hydrogen-bond acceptors (Lipinski definition) is 3. The zero-order chi connectivity index (χ0) is 15.8. The highest BCUT2D eigenvalue weighted by Gasteiger charge is 2.29. The molecule has 1 fully saturated rings. The molecule has 0 heterocycles. The molecule has 1 aliphatic carbocycles. The minimum atomic E-state index is -3.54. The largest absolute Gasteiger partial charge is 0.398 e. The second-order valence-electron chi connectivity index (χ2n) is 6.35. The topological polar surface area (TPSA) is 72.2 Å². The Morgan fingerprint density at radius 1 is 1.19 bits per heavy atom. The highest BCUT2D eigenvalue weighted by Crippen LogP contribution is 2.31. The van der Waals surface area contributed by atoms with Crippen LogP contribution in [0.2, 0.25) is 0 Å². The minimum Gasteiger partial charge on any atom is -0.398 e. The predicted octanol–water partition coefficient (Wildman–Crippen LogP) is 3.44. The lowest BCUT2D eigenvalue weighted by Gasteiger charge is -2.31. The number of sulfonamides is 1. The van der Waals surface area contributed by atoms with Gasteiger partial charge in [0.15, 0.2) is 0 Å². The Kier molecular flexibility index (Phi) is 5.00. The molecule has 2 unspecified atom stereocenters. The maximum atomic E-state index is 12.7. The first-order chi connectivity index (χ1) is 9.69. The van der Waals surface area contributed by atoms with Crippen molar-refractivity contribution < 1.29 is 8.42 Å². The van der Waals surface area contributed by atoms with Crippen molar-refractivity contribution in [3.05, 3.63) is 22.2 Å². The van der Waals surface area contributed by atoms with Gasteiger partial charge in [0, 0.05) is 16.2 Å². The maximum absolute atomic E-state index is 12.7. The summed E-state index contributed by atoms with van der Waals surface area (Å²) >= 11 is 3.31. The molecule has 1 aromatic carbocycles. The van der Waals surface area contributed by atoms with Gasteiger partial charge in [0.05, 0.1) is 4.90 Å². The Bertz CT molecular complexity index is 621. The number of nitrogens with one attached hydrogen (secondary N) is 1. The van der Waals surface area contributed by atoms with Crippen LogP contribution >= 0.6 is 15.9 Å². The third-order valence-electron chi connectivity index (χ3n) is 4.15. The van der Waals surface area contributed by atoms with Crippen LogP contribution in [0.15, 0.2) is 21.5 Å². The third-order valence-corrected chi connectivity index (χ3v) is 6.26. The van der Waals surface area contributed by atoms with Crippen LogP contribution in [-0.4, -0.2) is 14.5 Å². The summed E-state index contributed by atoms with van der Waals surface area (Å²) in [5.41, 5.74) is 6.95. The Labute approximate surface area is 135 Å². The lowest BCUT2D eigenvalue weighted by Crippen LogP contribution is -2.40. The van der Waals surface area contributed by atoms with E-state index in [0.717, 1.165) is 12.8 Å². The number of benzene rings is 1. The van der Waals surface area contributed by atoms with Crippen LogP contribution in [0.4, 0.5) is 5.69 Å². The molecule has 3 N–H and O–H groups in total. The fourth-order valence-corrected chi connectivity index (χ4v) is 5.47. The number of anilines is 1. The van der Waals surface area contributed by atoms with Crippen LogP contribution in [0, 0.1) is 18.8 Å². The SMILES string of the molecule is Cc1c(N)cc(Br)cc1S(=O)(=O)NC1CC(C)CC(C)C1. The summed E-state index contributed by atoms with van der Waals surface area (Å²) in [4.78, 5) is 0.264. The number of rotatable bonds is 3. The first kappa shape index (κ1) is 16.8. The van der Waals surface area contributed by atoms with Crippen molar-refractivity contribution in [1.29, 1.82) is 0 Å². The van der Waals surface area contributed by atoms with E-state index in [9.17, 15) is 8.42 Å². The van der Waals surface area contributed by atoms with E-state index in [4.69, 9.17) is 5.73 Å². The van der Waals surface area contributed by atoms with Crippen molar-refractivity contribution in [2.45, 2.75) is 51.0 Å². The van der Waals surface area contributed by atoms with E-state index in [2.05, 4.69) is 34.5 Å². The van der Waals surface area contributed by atoms with Gasteiger partial charge in [0.1, 0.15) is 0 Å². The van der Waals surface area contributed by atoms with E-state index < -0.39 is 10.0 Å². The molecule has 0 aromatic heterocycles. The molecule has 2 atom stereocenters. The molecule has 0 aliphatic heterocycles. The quantitative estimate of drug-likeness (QED) is 0.795. The second-order valence-corrected chi connectivity index (χ2v) is 8.95. The van der Waals surface area contributed by atoms with Crippen LogP contribution < -0.4 is 10.5 Å². The summed E-state index contributed by atoms with van der Waals surface area (Å²) < 4.78 is 28.8. The summed E-state index contributed by atoms with van der Waals surface area (Å²) in [7, 11) is -3.54. The number of nitrogens with two attached hydrogens (primary N) is 1. The predicted molar refractivity (Wildman–Crippen MR) is 89.6 cm³/mol. The van der Waals surface area contributed by atoms with Crippen molar-refractivity contribution in [3.8, 4) is 0 Å². The summed E-state index contributed by atoms with van der Waals surface area (Å²) in [6, 6.07) is 3.34. The van der Waals surface area contributed by atoms with Crippen molar-refractivity contribution in [2.75, 3.05) is 5.73 Å². The van der Waals surface area contributed by atoms with Gasteiger partial charge in [-0.05, 0) is 55.7 Å². The van der Waals surface area contributed by atoms with Gasteiger partial charge in [0.2, 0.25) is 10.0 Å². The van der Waals surface area contributed by atoms with Gasteiger partial charge < -0.3 is 5.73 Å². The van der Waals surface area contributed by atoms with Crippen LogP contribution in [0.1, 0.15) is 38.7 Å². The molecule has 0 amide bonds. The average molecular weight is 375 g/mol. The minimum absolute atomic E-state index is 0.00774. The lowest BCUT2D eigenvalue weighted by molar-refractivity contribution is 0.257. The number of halogens is 1. The van der Waals surface area contributed by atoms with Gasteiger partial charge in [-0.25, -0.2) is 13.1 Å². The normalized spacial score (nSPS) is 26.8. The standard InChI is InChI=1S/C15H23BrN2O2S/c1-9-4-10(2)6-13(5-9)18-21(19,20)15-8-12(16)7-14(17)11(15)3/h7-10,13,18H,4-6,17H2,1-3H3. The van der Waals surface area contributed by atoms with Crippen LogP contribution in [0.25, 0.3) is 0 Å². The summed E-state index contributed by atoms with van der Waals surface area (Å²) in [5.74, 6) is 1.10. The molecule has 2 rings (SSSR count). The number of hydrogen-bond donors (Lipinski definition) is 2. The van der Waals surface area contributed by atoms with Crippen molar-refractivity contribution >= 4 is 31.6 Å². The third kappa shape index (κ3) is 3.99. The highest BCUT2D eigenvalue weighted by atomic mass is 79.9. The van der Waals surface area contributed by atoms with Crippen LogP contribution in [-0.2, 0) is 10.0 Å². The van der Waals surface area contributed by atoms with E-state index in [1.807, 2.05) is 0 Å². The monoisotopic (exact) mass is 374 g/mol. The summed E-state index contributed by atoms with van der Waals surface area (Å²) in [6.45, 7) is 6.10.